The predicted molar refractivity (Wildman–Crippen MR) is 183 cm³/mol. The first-order valence-electron chi connectivity index (χ1n) is 16.9. The molecule has 49 heavy (non-hydrogen) atoms. The van der Waals surface area contributed by atoms with Crippen molar-refractivity contribution in [3.8, 4) is 0 Å². The van der Waals surface area contributed by atoms with Crippen LogP contribution >= 0.6 is 0 Å². The van der Waals surface area contributed by atoms with E-state index in [1.54, 1.807) is 23.2 Å². The van der Waals surface area contributed by atoms with E-state index in [2.05, 4.69) is 28.0 Å². The number of ether oxygens (including phenoxy) is 1. The van der Waals surface area contributed by atoms with Crippen LogP contribution in [0, 0.1) is 17.8 Å². The standard InChI is InChI=1S/C37H45N5O7/c1-23(2)38-36-39-30-15-14-27(18-33(30)48-36)35(44)41-42(19-26-12-8-5-9-13-26)20-32(43)31(17-25-10-6-4-7-11-25)40-37(45)49-34-28-16-24(3)29(34)22-47-46-21-28/h4-15,18,23-24,28-29,31-32,34,43H,16-17,19-22H2,1-3H3,(H,38,39)(H,40,45)(H,41,44)/t24?,28?,29?,31-,32-,34?/m0/s1. The smallest absolute Gasteiger partial charge is 0.407 e. The first-order valence-corrected chi connectivity index (χ1v) is 16.9. The molecule has 0 spiro atoms. The summed E-state index contributed by atoms with van der Waals surface area (Å²) in [6.45, 7) is 7.15. The van der Waals surface area contributed by atoms with E-state index in [1.807, 2.05) is 74.5 Å². The molecule has 2 fully saturated rings. The average Bonchev–Trinajstić information content (AvgIpc) is 3.53. The number of nitrogens with one attached hydrogen (secondary N) is 3. The van der Waals surface area contributed by atoms with Gasteiger partial charge in [0.15, 0.2) is 5.58 Å². The van der Waals surface area contributed by atoms with Crippen molar-refractivity contribution in [2.75, 3.05) is 25.1 Å². The van der Waals surface area contributed by atoms with Crippen LogP contribution in [0.5, 0.6) is 0 Å². The Hall–Kier alpha value is -4.49. The third kappa shape index (κ3) is 8.95. The molecule has 2 bridgehead atoms. The molecule has 6 rings (SSSR count). The number of hydrazine groups is 1. The molecular weight excluding hydrogens is 626 g/mol. The quantitative estimate of drug-likeness (QED) is 0.112. The van der Waals surface area contributed by atoms with Crippen LogP contribution in [0.2, 0.25) is 0 Å². The Morgan fingerprint density at radius 1 is 1.00 bits per heavy atom. The summed E-state index contributed by atoms with van der Waals surface area (Å²) in [6.07, 6.45) is -0.815. The van der Waals surface area contributed by atoms with Crippen molar-refractivity contribution >= 4 is 29.1 Å². The third-order valence-corrected chi connectivity index (χ3v) is 9.17. The Morgan fingerprint density at radius 2 is 1.71 bits per heavy atom. The number of oxazole rings is 1. The number of carbonyl (C=O) groups excluding carboxylic acids is 2. The van der Waals surface area contributed by atoms with Gasteiger partial charge in [0.05, 0.1) is 25.4 Å². The van der Waals surface area contributed by atoms with Crippen molar-refractivity contribution in [2.24, 2.45) is 17.8 Å². The van der Waals surface area contributed by atoms with Gasteiger partial charge in [0, 0.05) is 36.5 Å². The van der Waals surface area contributed by atoms with Crippen molar-refractivity contribution < 1.29 is 33.6 Å². The monoisotopic (exact) mass is 671 g/mol. The molecule has 4 N–H and O–H groups in total. The van der Waals surface area contributed by atoms with Crippen molar-refractivity contribution in [1.29, 1.82) is 0 Å². The van der Waals surface area contributed by atoms with Gasteiger partial charge in [0.1, 0.15) is 11.6 Å². The highest BCUT2D eigenvalue weighted by Crippen LogP contribution is 2.40. The Morgan fingerprint density at radius 3 is 2.45 bits per heavy atom. The molecule has 12 heteroatoms. The van der Waals surface area contributed by atoms with Crippen LogP contribution < -0.4 is 16.1 Å². The fraction of sp³-hybridized carbons (Fsp3) is 0.432. The fourth-order valence-corrected chi connectivity index (χ4v) is 6.68. The average molecular weight is 672 g/mol. The topological polar surface area (TPSA) is 147 Å². The lowest BCUT2D eigenvalue weighted by Gasteiger charge is -2.31. The lowest BCUT2D eigenvalue weighted by Crippen LogP contribution is -2.53. The largest absolute Gasteiger partial charge is 0.445 e. The van der Waals surface area contributed by atoms with Crippen LogP contribution in [-0.4, -0.2) is 71.1 Å². The number of aliphatic hydroxyl groups is 1. The van der Waals surface area contributed by atoms with Gasteiger partial charge in [-0.1, -0.05) is 67.6 Å². The molecule has 3 aromatic carbocycles. The molecule has 1 aromatic heterocycles. The maximum atomic E-state index is 13.6. The van der Waals surface area contributed by atoms with E-state index in [0.29, 0.717) is 54.8 Å². The van der Waals surface area contributed by atoms with Gasteiger partial charge >= 0.3 is 6.09 Å². The van der Waals surface area contributed by atoms with Gasteiger partial charge in [0.2, 0.25) is 0 Å². The highest BCUT2D eigenvalue weighted by molar-refractivity contribution is 5.96. The molecular formula is C37H45N5O7. The number of fused-ring (bicyclic) bond motifs is 3. The van der Waals surface area contributed by atoms with Crippen molar-refractivity contribution in [3.63, 3.8) is 0 Å². The Bertz CT molecular complexity index is 1680. The summed E-state index contributed by atoms with van der Waals surface area (Å²) in [5.41, 5.74) is 6.31. The number of hydrogen-bond acceptors (Lipinski definition) is 10. The molecule has 2 amide bonds. The van der Waals surface area contributed by atoms with Crippen molar-refractivity contribution in [1.82, 2.24) is 20.7 Å². The minimum Gasteiger partial charge on any atom is -0.445 e. The van der Waals surface area contributed by atoms with Crippen LogP contribution in [0.1, 0.15) is 48.7 Å². The first kappa shape index (κ1) is 34.4. The first-order chi connectivity index (χ1) is 23.7. The summed E-state index contributed by atoms with van der Waals surface area (Å²) in [6, 6.07) is 24.1. The molecule has 4 aromatic rings. The molecule has 1 aliphatic carbocycles. The number of anilines is 1. The van der Waals surface area contributed by atoms with E-state index in [-0.39, 0.29) is 36.4 Å². The van der Waals surface area contributed by atoms with Gasteiger partial charge in [-0.05, 0) is 61.9 Å². The number of carbonyl (C=O) groups is 2. The lowest BCUT2D eigenvalue weighted by atomic mass is 9.97. The summed E-state index contributed by atoms with van der Waals surface area (Å²) in [4.78, 5) is 42.1. The number of benzene rings is 3. The molecule has 12 nitrogen and oxygen atoms in total. The van der Waals surface area contributed by atoms with Gasteiger partial charge in [-0.2, -0.15) is 4.98 Å². The van der Waals surface area contributed by atoms with Crippen LogP contribution in [0.4, 0.5) is 10.8 Å². The number of aliphatic hydroxyl groups excluding tert-OH is 1. The van der Waals surface area contributed by atoms with E-state index >= 15 is 0 Å². The van der Waals surface area contributed by atoms with E-state index < -0.39 is 18.2 Å². The minimum atomic E-state index is -1.09. The van der Waals surface area contributed by atoms with Gasteiger partial charge < -0.3 is 24.9 Å². The number of rotatable bonds is 13. The maximum Gasteiger partial charge on any atom is 0.407 e. The molecule has 1 aliphatic heterocycles. The fourth-order valence-electron chi connectivity index (χ4n) is 6.68. The molecule has 4 unspecified atom stereocenters. The van der Waals surface area contributed by atoms with E-state index in [0.717, 1.165) is 17.5 Å². The zero-order valence-corrected chi connectivity index (χ0v) is 28.1. The summed E-state index contributed by atoms with van der Waals surface area (Å²) in [5.74, 6) is 0.0170. The Kier molecular flexibility index (Phi) is 11.1. The second-order valence-corrected chi connectivity index (χ2v) is 13.4. The van der Waals surface area contributed by atoms with Gasteiger partial charge in [0.25, 0.3) is 11.9 Å². The van der Waals surface area contributed by atoms with Gasteiger partial charge in [-0.15, -0.1) is 0 Å². The van der Waals surface area contributed by atoms with Crippen molar-refractivity contribution in [2.45, 2.75) is 64.4 Å². The normalized spacial score (nSPS) is 21.7. The van der Waals surface area contributed by atoms with Gasteiger partial charge in [-0.3, -0.25) is 10.2 Å². The second kappa shape index (κ2) is 15.8. The Balaban J connectivity index is 1.19. The predicted octanol–water partition coefficient (Wildman–Crippen LogP) is 5.10. The molecule has 2 heterocycles. The molecule has 1 saturated carbocycles. The molecule has 6 atom stereocenters. The number of alkyl carbamates (subject to hydrolysis) is 1. The highest BCUT2D eigenvalue weighted by atomic mass is 17.2. The summed E-state index contributed by atoms with van der Waals surface area (Å²) >= 11 is 0. The zero-order valence-electron chi connectivity index (χ0n) is 28.1. The summed E-state index contributed by atoms with van der Waals surface area (Å²) in [7, 11) is 0. The number of amides is 2. The van der Waals surface area contributed by atoms with Gasteiger partial charge in [-0.25, -0.2) is 19.6 Å². The van der Waals surface area contributed by atoms with E-state index in [9.17, 15) is 14.7 Å². The molecule has 1 saturated heterocycles. The minimum absolute atomic E-state index is 0.0127. The van der Waals surface area contributed by atoms with Crippen LogP contribution in [-0.2, 0) is 27.5 Å². The third-order valence-electron chi connectivity index (χ3n) is 9.17. The highest BCUT2D eigenvalue weighted by Gasteiger charge is 2.46. The number of aromatic nitrogens is 1. The molecule has 0 radical (unpaired) electrons. The summed E-state index contributed by atoms with van der Waals surface area (Å²) < 4.78 is 11.8. The van der Waals surface area contributed by atoms with Crippen molar-refractivity contribution in [3.05, 3.63) is 95.6 Å². The van der Waals surface area contributed by atoms with E-state index in [1.165, 1.54) is 0 Å². The van der Waals surface area contributed by atoms with E-state index in [4.69, 9.17) is 18.9 Å². The van der Waals surface area contributed by atoms with Crippen LogP contribution in [0.3, 0.4) is 0 Å². The summed E-state index contributed by atoms with van der Waals surface area (Å²) in [5, 5.41) is 19.5. The molecule has 2 aliphatic rings. The Labute approximate surface area is 286 Å². The second-order valence-electron chi connectivity index (χ2n) is 13.4. The SMILES string of the molecule is CC(C)Nc1nc2ccc(C(=O)NN(Cc3ccccc3)C[C@H](O)[C@H](Cc3ccccc3)NC(=O)OC3C4COOCC3C(C)C4)cc2o1. The van der Waals surface area contributed by atoms with Crippen LogP contribution in [0.25, 0.3) is 11.1 Å². The van der Waals surface area contributed by atoms with Crippen LogP contribution in [0.15, 0.2) is 83.3 Å². The molecule has 260 valence electrons. The number of hydrogen-bond donors (Lipinski definition) is 4. The number of nitrogens with zero attached hydrogens (tertiary/aromatic N) is 2. The lowest BCUT2D eigenvalue weighted by molar-refractivity contribution is -0.302. The maximum absolute atomic E-state index is 13.6. The zero-order chi connectivity index (χ0) is 34.3.